The van der Waals surface area contributed by atoms with E-state index in [1.54, 1.807) is 19.9 Å². The third-order valence-corrected chi connectivity index (χ3v) is 3.31. The van der Waals surface area contributed by atoms with E-state index in [0.717, 1.165) is 12.8 Å². The zero-order valence-electron chi connectivity index (χ0n) is 10.9. The molecule has 2 rings (SSSR count). The first-order valence-electron chi connectivity index (χ1n) is 6.09. The number of nitrogens with one attached hydrogen (secondary N) is 1. The van der Waals surface area contributed by atoms with Crippen molar-refractivity contribution in [3.63, 3.8) is 0 Å². The minimum atomic E-state index is -0.766. The van der Waals surface area contributed by atoms with Gasteiger partial charge in [0.1, 0.15) is 11.6 Å². The van der Waals surface area contributed by atoms with Crippen LogP contribution in [-0.2, 0) is 10.2 Å². The molecule has 1 fully saturated rings. The van der Waals surface area contributed by atoms with E-state index in [1.165, 1.54) is 19.2 Å². The van der Waals surface area contributed by atoms with E-state index in [2.05, 4.69) is 5.32 Å². The summed E-state index contributed by atoms with van der Waals surface area (Å²) >= 11 is 0. The lowest BCUT2D eigenvalue weighted by molar-refractivity contribution is -0.125. The predicted octanol–water partition coefficient (Wildman–Crippen LogP) is 2.39. The number of amides is 1. The molecule has 0 bridgehead atoms. The zero-order chi connectivity index (χ0) is 13.3. The first-order chi connectivity index (χ1) is 8.43. The van der Waals surface area contributed by atoms with Crippen molar-refractivity contribution in [1.82, 2.24) is 5.32 Å². The molecule has 18 heavy (non-hydrogen) atoms. The maximum Gasteiger partial charge on any atom is 0.230 e. The number of halogens is 1. The van der Waals surface area contributed by atoms with Crippen molar-refractivity contribution < 1.29 is 13.9 Å². The van der Waals surface area contributed by atoms with Crippen LogP contribution >= 0.6 is 0 Å². The molecule has 3 nitrogen and oxygen atoms in total. The quantitative estimate of drug-likeness (QED) is 0.892. The maximum absolute atomic E-state index is 13.5. The van der Waals surface area contributed by atoms with Crippen LogP contribution in [0.25, 0.3) is 0 Å². The average Bonchev–Trinajstić information content (AvgIpc) is 3.11. The molecule has 0 aliphatic heterocycles. The lowest BCUT2D eigenvalue weighted by Crippen LogP contribution is -2.41. The fraction of sp³-hybridized carbons (Fsp3) is 0.500. The second-order valence-corrected chi connectivity index (χ2v) is 5.25. The lowest BCUT2D eigenvalue weighted by Gasteiger charge is -2.24. The monoisotopic (exact) mass is 251 g/mol. The van der Waals surface area contributed by atoms with Crippen LogP contribution in [0.5, 0.6) is 5.75 Å². The number of benzene rings is 1. The van der Waals surface area contributed by atoms with Crippen LogP contribution < -0.4 is 10.1 Å². The zero-order valence-corrected chi connectivity index (χ0v) is 10.9. The third kappa shape index (κ3) is 2.63. The minimum Gasteiger partial charge on any atom is -0.497 e. The standard InChI is InChI=1S/C14H18FNO2/c1-14(2,13(17)16-11-4-5-11)9-6-10(15)8-12(7-9)18-3/h6-8,11H,4-5H2,1-3H3,(H,16,17). The number of rotatable bonds is 4. The first kappa shape index (κ1) is 12.9. The predicted molar refractivity (Wildman–Crippen MR) is 67.1 cm³/mol. The van der Waals surface area contributed by atoms with Gasteiger partial charge in [-0.3, -0.25) is 4.79 Å². The fourth-order valence-electron chi connectivity index (χ4n) is 1.77. The molecule has 1 amide bonds. The molecule has 0 heterocycles. The van der Waals surface area contributed by atoms with Gasteiger partial charge in [0, 0.05) is 12.1 Å². The summed E-state index contributed by atoms with van der Waals surface area (Å²) in [6, 6.07) is 4.69. The highest BCUT2D eigenvalue weighted by Gasteiger charge is 2.34. The third-order valence-electron chi connectivity index (χ3n) is 3.31. The van der Waals surface area contributed by atoms with Crippen LogP contribution in [0.2, 0.25) is 0 Å². The van der Waals surface area contributed by atoms with E-state index in [0.29, 0.717) is 17.4 Å². The molecule has 1 saturated carbocycles. The summed E-state index contributed by atoms with van der Waals surface area (Å²) in [4.78, 5) is 12.2. The van der Waals surface area contributed by atoms with Gasteiger partial charge in [0.25, 0.3) is 0 Å². The molecule has 0 atom stereocenters. The highest BCUT2D eigenvalue weighted by Crippen LogP contribution is 2.29. The van der Waals surface area contributed by atoms with Gasteiger partial charge < -0.3 is 10.1 Å². The number of hydrogen-bond acceptors (Lipinski definition) is 2. The summed E-state index contributed by atoms with van der Waals surface area (Å²) in [6.07, 6.45) is 2.07. The van der Waals surface area contributed by atoms with Crippen molar-refractivity contribution >= 4 is 5.91 Å². The highest BCUT2D eigenvalue weighted by atomic mass is 19.1. The van der Waals surface area contributed by atoms with Crippen LogP contribution in [0.1, 0.15) is 32.3 Å². The van der Waals surface area contributed by atoms with Gasteiger partial charge in [-0.25, -0.2) is 4.39 Å². The molecule has 1 aromatic rings. The van der Waals surface area contributed by atoms with E-state index in [9.17, 15) is 9.18 Å². The Morgan fingerprint density at radius 2 is 2.06 bits per heavy atom. The van der Waals surface area contributed by atoms with Gasteiger partial charge in [-0.05, 0) is 44.4 Å². The summed E-state index contributed by atoms with van der Waals surface area (Å²) in [5.74, 6) is -0.0356. The highest BCUT2D eigenvalue weighted by molar-refractivity contribution is 5.87. The van der Waals surface area contributed by atoms with Crippen molar-refractivity contribution in [3.05, 3.63) is 29.6 Å². The second-order valence-electron chi connectivity index (χ2n) is 5.25. The Labute approximate surface area is 106 Å². The molecule has 1 aliphatic rings. The van der Waals surface area contributed by atoms with Crippen molar-refractivity contribution in [2.75, 3.05) is 7.11 Å². The van der Waals surface area contributed by atoms with Gasteiger partial charge in [0.05, 0.1) is 12.5 Å². The molecule has 0 radical (unpaired) electrons. The van der Waals surface area contributed by atoms with Crippen LogP contribution in [-0.4, -0.2) is 19.1 Å². The van der Waals surface area contributed by atoms with Gasteiger partial charge in [-0.15, -0.1) is 0 Å². The summed E-state index contributed by atoms with van der Waals surface area (Å²) in [5.41, 5.74) is -0.143. The van der Waals surface area contributed by atoms with Crippen molar-refractivity contribution in [3.8, 4) is 5.75 Å². The Morgan fingerprint density at radius 1 is 1.39 bits per heavy atom. The van der Waals surface area contributed by atoms with E-state index >= 15 is 0 Å². The second kappa shape index (κ2) is 4.59. The van der Waals surface area contributed by atoms with Gasteiger partial charge in [0.2, 0.25) is 5.91 Å². The number of carbonyl (C=O) groups is 1. The van der Waals surface area contributed by atoms with Crippen LogP contribution in [0.4, 0.5) is 4.39 Å². The molecule has 0 saturated heterocycles. The van der Waals surface area contributed by atoms with Gasteiger partial charge >= 0.3 is 0 Å². The first-order valence-corrected chi connectivity index (χ1v) is 6.09. The smallest absolute Gasteiger partial charge is 0.230 e. The average molecular weight is 251 g/mol. The van der Waals surface area contributed by atoms with Gasteiger partial charge in [-0.2, -0.15) is 0 Å². The summed E-state index contributed by atoms with van der Waals surface area (Å²) in [6.45, 7) is 3.58. The largest absolute Gasteiger partial charge is 0.497 e. The molecule has 0 spiro atoms. The molecule has 0 unspecified atom stereocenters. The molecule has 0 aromatic heterocycles. The number of hydrogen-bond donors (Lipinski definition) is 1. The Morgan fingerprint density at radius 3 is 2.61 bits per heavy atom. The van der Waals surface area contributed by atoms with Crippen LogP contribution in [0.3, 0.4) is 0 Å². The SMILES string of the molecule is COc1cc(F)cc(C(C)(C)C(=O)NC2CC2)c1. The summed E-state index contributed by atoms with van der Waals surface area (Å²) in [7, 11) is 1.48. The molecule has 1 N–H and O–H groups in total. The van der Waals surface area contributed by atoms with Crippen molar-refractivity contribution in [1.29, 1.82) is 0 Å². The Hall–Kier alpha value is -1.58. The topological polar surface area (TPSA) is 38.3 Å². The van der Waals surface area contributed by atoms with E-state index in [4.69, 9.17) is 4.74 Å². The summed E-state index contributed by atoms with van der Waals surface area (Å²) in [5, 5.41) is 2.95. The van der Waals surface area contributed by atoms with Crippen LogP contribution in [0.15, 0.2) is 18.2 Å². The normalized spacial score (nSPS) is 15.3. The number of ether oxygens (including phenoxy) is 1. The Bertz CT molecular complexity index is 467. The van der Waals surface area contributed by atoms with Gasteiger partial charge in [-0.1, -0.05) is 0 Å². The van der Waals surface area contributed by atoms with E-state index in [-0.39, 0.29) is 5.91 Å². The Kier molecular flexibility index (Phi) is 3.28. The molecular formula is C14H18FNO2. The number of methoxy groups -OCH3 is 1. The fourth-order valence-corrected chi connectivity index (χ4v) is 1.77. The minimum absolute atomic E-state index is 0.0716. The number of carbonyl (C=O) groups excluding carboxylic acids is 1. The Balaban J connectivity index is 2.26. The van der Waals surface area contributed by atoms with Crippen LogP contribution in [0, 0.1) is 5.82 Å². The van der Waals surface area contributed by atoms with E-state index < -0.39 is 11.2 Å². The van der Waals surface area contributed by atoms with Crippen molar-refractivity contribution in [2.45, 2.75) is 38.1 Å². The van der Waals surface area contributed by atoms with Crippen molar-refractivity contribution in [2.24, 2.45) is 0 Å². The molecular weight excluding hydrogens is 233 g/mol. The van der Waals surface area contributed by atoms with E-state index in [1.807, 2.05) is 0 Å². The molecule has 98 valence electrons. The molecule has 1 aromatic carbocycles. The summed E-state index contributed by atoms with van der Waals surface area (Å²) < 4.78 is 18.5. The molecule has 1 aliphatic carbocycles. The maximum atomic E-state index is 13.5. The lowest BCUT2D eigenvalue weighted by atomic mass is 9.83. The van der Waals surface area contributed by atoms with Gasteiger partial charge in [0.15, 0.2) is 0 Å². The molecule has 4 heteroatoms.